The second-order valence-electron chi connectivity index (χ2n) is 3.19. The molecule has 0 aliphatic carbocycles. The number of aliphatic hydroxyl groups is 1. The van der Waals surface area contributed by atoms with Gasteiger partial charge >= 0.3 is 0 Å². The Bertz CT molecular complexity index is 565. The Kier molecular flexibility index (Phi) is 2.73. The highest BCUT2D eigenvalue weighted by molar-refractivity contribution is 7.12. The van der Waals surface area contributed by atoms with Crippen LogP contribution in [0.2, 0.25) is 5.02 Å². The van der Waals surface area contributed by atoms with Crippen molar-refractivity contribution in [2.24, 2.45) is 0 Å². The van der Waals surface area contributed by atoms with Crippen molar-refractivity contribution in [3.63, 3.8) is 0 Å². The number of aliphatic hydroxyl groups excluding tert-OH is 1. The third-order valence-electron chi connectivity index (χ3n) is 2.07. The molecule has 0 amide bonds. The van der Waals surface area contributed by atoms with Gasteiger partial charge in [-0.1, -0.05) is 17.7 Å². The van der Waals surface area contributed by atoms with Gasteiger partial charge in [0.15, 0.2) is 0 Å². The minimum Gasteiger partial charge on any atom is -0.387 e. The first-order chi connectivity index (χ1) is 7.11. The maximum Gasteiger partial charge on any atom is 0.213 e. The van der Waals surface area contributed by atoms with E-state index in [1.54, 1.807) is 18.2 Å². The molecular weight excluding hydrogens is 234 g/mol. The number of nitrogens with zero attached hydrogens (tertiary/aromatic N) is 1. The first-order valence-corrected chi connectivity index (χ1v) is 5.52. The molecular formula is C10H8ClNO2S. The standard InChI is InChI=1S/C10H8ClNO2S/c1-5(13)9-10(14)8-6(11)3-2-4-7(8)15-12-9/h2-5,13H,1H3. The number of fused-ring (bicyclic) bond motifs is 1. The van der Waals surface area contributed by atoms with Gasteiger partial charge in [-0.2, -0.15) is 4.37 Å². The van der Waals surface area contributed by atoms with E-state index >= 15 is 0 Å². The van der Waals surface area contributed by atoms with Crippen LogP contribution in [0.1, 0.15) is 18.7 Å². The van der Waals surface area contributed by atoms with Gasteiger partial charge in [0.2, 0.25) is 5.43 Å². The average molecular weight is 242 g/mol. The molecule has 2 rings (SSSR count). The van der Waals surface area contributed by atoms with Crippen molar-refractivity contribution in [3.05, 3.63) is 39.1 Å². The summed E-state index contributed by atoms with van der Waals surface area (Å²) in [6.07, 6.45) is -0.866. The van der Waals surface area contributed by atoms with Crippen molar-refractivity contribution >= 4 is 33.2 Å². The van der Waals surface area contributed by atoms with Crippen molar-refractivity contribution < 1.29 is 5.11 Å². The van der Waals surface area contributed by atoms with Crippen LogP contribution < -0.4 is 5.43 Å². The molecule has 1 unspecified atom stereocenters. The monoisotopic (exact) mass is 241 g/mol. The molecule has 3 nitrogen and oxygen atoms in total. The highest BCUT2D eigenvalue weighted by Crippen LogP contribution is 2.23. The summed E-state index contributed by atoms with van der Waals surface area (Å²) >= 11 is 7.10. The molecule has 0 aliphatic heterocycles. The molecule has 0 aliphatic rings. The van der Waals surface area contributed by atoms with Crippen molar-refractivity contribution in [1.29, 1.82) is 0 Å². The van der Waals surface area contributed by atoms with Crippen molar-refractivity contribution in [1.82, 2.24) is 4.37 Å². The summed E-state index contributed by atoms with van der Waals surface area (Å²) in [4.78, 5) is 11.9. The zero-order valence-corrected chi connectivity index (χ0v) is 9.47. The van der Waals surface area contributed by atoms with E-state index in [1.807, 2.05) is 0 Å². The Balaban J connectivity index is 2.90. The molecule has 0 saturated carbocycles. The number of hydrogen-bond donors (Lipinski definition) is 1. The van der Waals surface area contributed by atoms with Gasteiger partial charge in [0.05, 0.1) is 21.2 Å². The molecule has 1 aromatic heterocycles. The summed E-state index contributed by atoms with van der Waals surface area (Å²) in [5.74, 6) is 0. The molecule has 5 heteroatoms. The lowest BCUT2D eigenvalue weighted by atomic mass is 10.2. The van der Waals surface area contributed by atoms with Crippen LogP contribution in [0, 0.1) is 0 Å². The van der Waals surface area contributed by atoms with E-state index < -0.39 is 6.10 Å². The van der Waals surface area contributed by atoms with Gasteiger partial charge < -0.3 is 5.11 Å². The maximum atomic E-state index is 11.9. The number of benzene rings is 1. The topological polar surface area (TPSA) is 50.2 Å². The Morgan fingerprint density at radius 1 is 1.53 bits per heavy atom. The molecule has 1 atom stereocenters. The molecule has 2 aromatic rings. The van der Waals surface area contributed by atoms with Gasteiger partial charge in [-0.25, -0.2) is 0 Å². The van der Waals surface area contributed by atoms with E-state index in [-0.39, 0.29) is 11.1 Å². The number of hydrogen-bond acceptors (Lipinski definition) is 4. The summed E-state index contributed by atoms with van der Waals surface area (Å²) in [6, 6.07) is 5.21. The predicted octanol–water partition coefficient (Wildman–Crippen LogP) is 2.36. The van der Waals surface area contributed by atoms with E-state index in [9.17, 15) is 9.90 Å². The summed E-state index contributed by atoms with van der Waals surface area (Å²) in [7, 11) is 0. The smallest absolute Gasteiger partial charge is 0.213 e. The van der Waals surface area contributed by atoms with Gasteiger partial charge in [0.1, 0.15) is 5.69 Å². The fraction of sp³-hybridized carbons (Fsp3) is 0.200. The van der Waals surface area contributed by atoms with Crippen molar-refractivity contribution in [2.45, 2.75) is 13.0 Å². The molecule has 0 saturated heterocycles. The number of rotatable bonds is 1. The number of aromatic nitrogens is 1. The third-order valence-corrected chi connectivity index (χ3v) is 3.21. The van der Waals surface area contributed by atoms with E-state index in [1.165, 1.54) is 18.5 Å². The van der Waals surface area contributed by atoms with Gasteiger partial charge in [0, 0.05) is 0 Å². The lowest BCUT2D eigenvalue weighted by Crippen LogP contribution is -2.13. The second kappa shape index (κ2) is 3.89. The SMILES string of the molecule is CC(O)c1nsc2cccc(Cl)c2c1=O. The Hall–Kier alpha value is -0.970. The molecule has 1 heterocycles. The fourth-order valence-electron chi connectivity index (χ4n) is 1.33. The van der Waals surface area contributed by atoms with Crippen molar-refractivity contribution in [2.75, 3.05) is 0 Å². The Morgan fingerprint density at radius 2 is 2.27 bits per heavy atom. The summed E-state index contributed by atoms with van der Waals surface area (Å²) < 4.78 is 4.70. The van der Waals surface area contributed by atoms with Crippen LogP contribution in [-0.2, 0) is 0 Å². The summed E-state index contributed by atoms with van der Waals surface area (Å²) in [6.45, 7) is 1.51. The number of halogens is 1. The van der Waals surface area contributed by atoms with Crippen LogP contribution in [0.5, 0.6) is 0 Å². The molecule has 1 N–H and O–H groups in total. The molecule has 1 aromatic carbocycles. The molecule has 15 heavy (non-hydrogen) atoms. The highest BCUT2D eigenvalue weighted by Gasteiger charge is 2.13. The lowest BCUT2D eigenvalue weighted by Gasteiger charge is -2.03. The molecule has 0 spiro atoms. The normalized spacial score (nSPS) is 13.0. The predicted molar refractivity (Wildman–Crippen MR) is 61.5 cm³/mol. The lowest BCUT2D eigenvalue weighted by molar-refractivity contribution is 0.194. The van der Waals surface area contributed by atoms with E-state index in [0.29, 0.717) is 10.4 Å². The summed E-state index contributed by atoms with van der Waals surface area (Å²) in [5, 5.41) is 10.2. The minimum atomic E-state index is -0.866. The second-order valence-corrected chi connectivity index (χ2v) is 4.40. The zero-order valence-electron chi connectivity index (χ0n) is 7.90. The maximum absolute atomic E-state index is 11.9. The van der Waals surface area contributed by atoms with Gasteiger partial charge in [0.25, 0.3) is 0 Å². The van der Waals surface area contributed by atoms with Crippen LogP contribution in [0.25, 0.3) is 10.1 Å². The fourth-order valence-corrected chi connectivity index (χ4v) is 2.52. The first-order valence-electron chi connectivity index (χ1n) is 4.37. The largest absolute Gasteiger partial charge is 0.387 e. The van der Waals surface area contributed by atoms with Crippen molar-refractivity contribution in [3.8, 4) is 0 Å². The van der Waals surface area contributed by atoms with Gasteiger partial charge in [-0.05, 0) is 30.6 Å². The van der Waals surface area contributed by atoms with Gasteiger partial charge in [-0.15, -0.1) is 0 Å². The zero-order chi connectivity index (χ0) is 11.0. The highest BCUT2D eigenvalue weighted by atomic mass is 35.5. The van der Waals surface area contributed by atoms with Crippen LogP contribution in [0.4, 0.5) is 0 Å². The molecule has 0 radical (unpaired) electrons. The molecule has 78 valence electrons. The third kappa shape index (κ3) is 1.76. The molecule has 0 fully saturated rings. The molecule has 0 bridgehead atoms. The Labute approximate surface area is 95.1 Å². The van der Waals surface area contributed by atoms with E-state index in [0.717, 1.165) is 4.70 Å². The van der Waals surface area contributed by atoms with Crippen LogP contribution in [-0.4, -0.2) is 9.48 Å². The Morgan fingerprint density at radius 3 is 2.93 bits per heavy atom. The van der Waals surface area contributed by atoms with Gasteiger partial charge in [-0.3, -0.25) is 4.79 Å². The first kappa shape index (κ1) is 10.5. The average Bonchev–Trinajstić information content (AvgIpc) is 2.17. The minimum absolute atomic E-state index is 0.153. The van der Waals surface area contributed by atoms with E-state index in [2.05, 4.69) is 4.37 Å². The van der Waals surface area contributed by atoms with Crippen LogP contribution in [0.15, 0.2) is 23.0 Å². The van der Waals surface area contributed by atoms with E-state index in [4.69, 9.17) is 11.6 Å². The summed E-state index contributed by atoms with van der Waals surface area (Å²) in [5.41, 5.74) is -0.134. The van der Waals surface area contributed by atoms with Crippen LogP contribution in [0.3, 0.4) is 0 Å². The quantitative estimate of drug-likeness (QED) is 0.834. The van der Waals surface area contributed by atoms with Crippen LogP contribution >= 0.6 is 23.1 Å².